The van der Waals surface area contributed by atoms with Crippen molar-refractivity contribution in [2.24, 2.45) is 5.41 Å². The van der Waals surface area contributed by atoms with Gasteiger partial charge in [-0.3, -0.25) is 14.0 Å². The van der Waals surface area contributed by atoms with E-state index in [1.165, 1.54) is 11.3 Å². The molecule has 4 aromatic rings. The molecule has 3 heterocycles. The number of fused-ring (bicyclic) bond motifs is 3. The number of amides is 3. The summed E-state index contributed by atoms with van der Waals surface area (Å²) >= 11 is 1.52. The molecule has 9 nitrogen and oxygen atoms in total. The van der Waals surface area contributed by atoms with E-state index in [4.69, 9.17) is 9.72 Å². The molecule has 0 radical (unpaired) electrons. The number of ether oxygens (including phenoxy) is 1. The molecule has 0 unspecified atom stereocenters. The Morgan fingerprint density at radius 2 is 1.80 bits per heavy atom. The maximum absolute atomic E-state index is 13.1. The van der Waals surface area contributed by atoms with Gasteiger partial charge in [-0.05, 0) is 75.8 Å². The van der Waals surface area contributed by atoms with E-state index in [1.54, 1.807) is 24.1 Å². The van der Waals surface area contributed by atoms with Crippen molar-refractivity contribution in [2.45, 2.75) is 51.7 Å². The Bertz CT molecular complexity index is 1630. The second kappa shape index (κ2) is 9.62. The molecule has 1 aliphatic heterocycles. The number of carbonyl (C=O) groups excluding carboxylic acids is 3. The summed E-state index contributed by atoms with van der Waals surface area (Å²) in [5.74, 6) is -0.288. The largest absolute Gasteiger partial charge is 0.444 e. The molecule has 2 aliphatic rings. The Labute approximate surface area is 236 Å². The molecule has 1 aliphatic carbocycles. The summed E-state index contributed by atoms with van der Waals surface area (Å²) in [5.41, 5.74) is 3.53. The molecule has 1 saturated carbocycles. The summed E-state index contributed by atoms with van der Waals surface area (Å²) in [4.78, 5) is 45.2. The van der Waals surface area contributed by atoms with Crippen LogP contribution in [0.3, 0.4) is 0 Å². The number of hydrogen-bond donors (Lipinski definition) is 2. The van der Waals surface area contributed by atoms with Crippen LogP contribution in [0.25, 0.3) is 26.4 Å². The lowest BCUT2D eigenvalue weighted by Crippen LogP contribution is -2.45. The minimum atomic E-state index is -0.557. The molecule has 2 fully saturated rings. The maximum Gasteiger partial charge on any atom is 0.410 e. The van der Waals surface area contributed by atoms with Crippen molar-refractivity contribution in [1.29, 1.82) is 0 Å². The van der Waals surface area contributed by atoms with Crippen LogP contribution in [0.1, 0.15) is 60.7 Å². The minimum absolute atomic E-state index is 0.0705. The fraction of sp³-hybridized carbons (Fsp3) is 0.400. The van der Waals surface area contributed by atoms with Crippen molar-refractivity contribution in [3.05, 3.63) is 59.8 Å². The highest BCUT2D eigenvalue weighted by atomic mass is 32.1. The monoisotopic (exact) mass is 559 g/mol. The second-order valence-corrected chi connectivity index (χ2v) is 12.9. The normalized spacial score (nSPS) is 17.9. The lowest BCUT2D eigenvalue weighted by Gasteiger charge is -2.28. The summed E-state index contributed by atoms with van der Waals surface area (Å²) in [6.45, 7) is 6.71. The van der Waals surface area contributed by atoms with Crippen LogP contribution in [0.4, 0.5) is 4.79 Å². The van der Waals surface area contributed by atoms with Gasteiger partial charge in [-0.15, -0.1) is 0 Å². The Hall–Kier alpha value is -3.92. The van der Waals surface area contributed by atoms with Crippen molar-refractivity contribution in [2.75, 3.05) is 20.1 Å². The zero-order valence-corrected chi connectivity index (χ0v) is 23.9. The zero-order chi connectivity index (χ0) is 28.2. The van der Waals surface area contributed by atoms with Crippen molar-refractivity contribution in [1.82, 2.24) is 24.9 Å². The van der Waals surface area contributed by atoms with Crippen LogP contribution < -0.4 is 10.6 Å². The van der Waals surface area contributed by atoms with Gasteiger partial charge in [0.15, 0.2) is 4.96 Å². The van der Waals surface area contributed by atoms with E-state index >= 15 is 0 Å². The minimum Gasteiger partial charge on any atom is -0.444 e. The van der Waals surface area contributed by atoms with Crippen LogP contribution in [0, 0.1) is 5.41 Å². The fourth-order valence-electron chi connectivity index (χ4n) is 5.45. The van der Waals surface area contributed by atoms with Crippen LogP contribution >= 0.6 is 11.3 Å². The number of benzene rings is 2. The number of rotatable bonds is 5. The summed E-state index contributed by atoms with van der Waals surface area (Å²) in [5, 5.41) is 5.68. The maximum atomic E-state index is 13.1. The van der Waals surface area contributed by atoms with Crippen molar-refractivity contribution >= 4 is 44.4 Å². The molecule has 2 N–H and O–H groups in total. The Morgan fingerprint density at radius 1 is 1.07 bits per heavy atom. The van der Waals surface area contributed by atoms with E-state index in [0.29, 0.717) is 24.2 Å². The molecular formula is C30H33N5O4S. The first-order valence-electron chi connectivity index (χ1n) is 13.6. The van der Waals surface area contributed by atoms with E-state index in [9.17, 15) is 14.4 Å². The highest BCUT2D eigenvalue weighted by molar-refractivity contribution is 7.23. The van der Waals surface area contributed by atoms with Gasteiger partial charge in [-0.2, -0.15) is 0 Å². The predicted molar refractivity (Wildman–Crippen MR) is 155 cm³/mol. The van der Waals surface area contributed by atoms with E-state index in [-0.39, 0.29) is 29.4 Å². The molecule has 3 amide bonds. The lowest BCUT2D eigenvalue weighted by atomic mass is 10.0. The van der Waals surface area contributed by atoms with Gasteiger partial charge < -0.3 is 20.3 Å². The first-order chi connectivity index (χ1) is 19.0. The van der Waals surface area contributed by atoms with Crippen molar-refractivity contribution < 1.29 is 19.1 Å². The fourth-order valence-corrected chi connectivity index (χ4v) is 6.50. The van der Waals surface area contributed by atoms with Crippen molar-refractivity contribution in [3.63, 3.8) is 0 Å². The molecule has 1 atom stereocenters. The Morgan fingerprint density at radius 3 is 2.48 bits per heavy atom. The van der Waals surface area contributed by atoms with Crippen LogP contribution in [-0.2, 0) is 4.74 Å². The third kappa shape index (κ3) is 5.03. The van der Waals surface area contributed by atoms with Crippen LogP contribution in [0.2, 0.25) is 0 Å². The van der Waals surface area contributed by atoms with Gasteiger partial charge >= 0.3 is 6.09 Å². The van der Waals surface area contributed by atoms with Gasteiger partial charge in [0.25, 0.3) is 11.8 Å². The van der Waals surface area contributed by atoms with E-state index < -0.39 is 5.60 Å². The molecule has 1 spiro atoms. The summed E-state index contributed by atoms with van der Waals surface area (Å²) < 4.78 is 8.63. The van der Waals surface area contributed by atoms with Crippen molar-refractivity contribution in [3.8, 4) is 11.3 Å². The molecule has 6 rings (SSSR count). The van der Waals surface area contributed by atoms with Gasteiger partial charge in [0.05, 0.1) is 22.0 Å². The number of carbonyl (C=O) groups is 3. The molecular weight excluding hydrogens is 526 g/mol. The van der Waals surface area contributed by atoms with E-state index in [0.717, 1.165) is 45.7 Å². The number of nitrogens with zero attached hydrogens (tertiary/aromatic N) is 3. The zero-order valence-electron chi connectivity index (χ0n) is 23.1. The van der Waals surface area contributed by atoms with E-state index in [2.05, 4.69) is 10.6 Å². The quantitative estimate of drug-likeness (QED) is 0.354. The van der Waals surface area contributed by atoms with Crippen LogP contribution in [0.15, 0.2) is 48.7 Å². The third-order valence-corrected chi connectivity index (χ3v) is 8.74. The first-order valence-corrected chi connectivity index (χ1v) is 14.4. The number of nitrogens with one attached hydrogen (secondary N) is 2. The molecule has 2 aromatic carbocycles. The molecule has 40 heavy (non-hydrogen) atoms. The lowest BCUT2D eigenvalue weighted by molar-refractivity contribution is 0.0218. The smallest absolute Gasteiger partial charge is 0.410 e. The van der Waals surface area contributed by atoms with Gasteiger partial charge in [-0.1, -0.05) is 23.5 Å². The molecule has 2 aromatic heterocycles. The molecule has 1 saturated heterocycles. The highest BCUT2D eigenvalue weighted by Gasteiger charge is 2.53. The van der Waals surface area contributed by atoms with Gasteiger partial charge in [0, 0.05) is 43.0 Å². The number of likely N-dealkylation sites (tertiary alicyclic amines) is 1. The van der Waals surface area contributed by atoms with Gasteiger partial charge in [0.1, 0.15) is 5.60 Å². The molecule has 208 valence electrons. The Kier molecular flexibility index (Phi) is 6.33. The van der Waals surface area contributed by atoms with Crippen LogP contribution in [0.5, 0.6) is 0 Å². The van der Waals surface area contributed by atoms with E-state index in [1.807, 2.05) is 61.7 Å². The molecule has 0 bridgehead atoms. The Balaban J connectivity index is 1.15. The third-order valence-electron chi connectivity index (χ3n) is 7.72. The summed E-state index contributed by atoms with van der Waals surface area (Å²) in [6, 6.07) is 12.9. The average molecular weight is 560 g/mol. The van der Waals surface area contributed by atoms with Crippen LogP contribution in [-0.4, -0.2) is 64.0 Å². The highest BCUT2D eigenvalue weighted by Crippen LogP contribution is 2.54. The SMILES string of the molecule is CNC(=O)c1ccc(-c2cn3c(n2)sc2cc(C(=O)NC[C@H]4CC5(CC5)CN4C(=O)OC(C)(C)C)ccc23)cc1. The predicted octanol–water partition coefficient (Wildman–Crippen LogP) is 5.10. The number of imidazole rings is 1. The average Bonchev–Trinajstić information content (AvgIpc) is 3.23. The second-order valence-electron chi connectivity index (χ2n) is 11.9. The topological polar surface area (TPSA) is 105 Å². The molecule has 10 heteroatoms. The summed E-state index contributed by atoms with van der Waals surface area (Å²) in [7, 11) is 1.61. The van der Waals surface area contributed by atoms with Gasteiger partial charge in [-0.25, -0.2) is 9.78 Å². The summed E-state index contributed by atoms with van der Waals surface area (Å²) in [6.07, 6.45) is 4.81. The first kappa shape index (κ1) is 26.3. The number of thiazole rings is 1. The van der Waals surface area contributed by atoms with Gasteiger partial charge in [0.2, 0.25) is 0 Å². The standard InChI is InChI=1S/C30H33N5O4S/c1-29(2,3)39-28(38)35-17-30(11-12-30)14-21(35)15-32-26(37)20-9-10-23-24(13-20)40-27-33-22(16-34(23)27)18-5-7-19(8-6-18)25(36)31-4/h5-10,13,16,21H,11-12,14-15,17H2,1-4H3,(H,31,36)(H,32,37)/t21-/m1/s1. The number of aromatic nitrogens is 2. The number of hydrogen-bond acceptors (Lipinski definition) is 6.